The molecule has 0 spiro atoms. The number of carbonyl (C=O) groups is 1. The molecule has 1 aromatic carbocycles. The second-order valence-electron chi connectivity index (χ2n) is 6.76. The normalized spacial score (nSPS) is 19.0. The smallest absolute Gasteiger partial charge is 0.319 e. The number of halogens is 1. The van der Waals surface area contributed by atoms with E-state index in [0.717, 1.165) is 44.5 Å². The van der Waals surface area contributed by atoms with Gasteiger partial charge in [-0.2, -0.15) is 0 Å². The number of rotatable bonds is 6. The van der Waals surface area contributed by atoms with Crippen LogP contribution in [-0.2, 0) is 0 Å². The van der Waals surface area contributed by atoms with Gasteiger partial charge >= 0.3 is 6.03 Å². The largest absolute Gasteiger partial charge is 0.396 e. The van der Waals surface area contributed by atoms with Crippen molar-refractivity contribution in [3.05, 3.63) is 24.0 Å². The molecule has 5 nitrogen and oxygen atoms in total. The number of urea groups is 1. The van der Waals surface area contributed by atoms with E-state index in [-0.39, 0.29) is 24.5 Å². The number of hydrogen-bond acceptors (Lipinski definition) is 3. The highest BCUT2D eigenvalue weighted by Gasteiger charge is 2.32. The zero-order chi connectivity index (χ0) is 16.9. The number of amides is 2. The monoisotopic (exact) mass is 335 g/mol. The molecule has 24 heavy (non-hydrogen) atoms. The molecular formula is C18H26FN3O2. The Labute approximate surface area is 142 Å². The minimum atomic E-state index is -0.361. The number of nitrogens with one attached hydrogen (secondary N) is 2. The van der Waals surface area contributed by atoms with Gasteiger partial charge in [0.2, 0.25) is 0 Å². The van der Waals surface area contributed by atoms with Crippen LogP contribution in [0.4, 0.5) is 20.6 Å². The Kier molecular flexibility index (Phi) is 5.56. The third kappa shape index (κ3) is 4.38. The van der Waals surface area contributed by atoms with Crippen LogP contribution < -0.4 is 15.5 Å². The van der Waals surface area contributed by atoms with Gasteiger partial charge < -0.3 is 20.6 Å². The molecule has 1 aliphatic carbocycles. The van der Waals surface area contributed by atoms with E-state index in [0.29, 0.717) is 18.0 Å². The maximum Gasteiger partial charge on any atom is 0.319 e. The van der Waals surface area contributed by atoms with Gasteiger partial charge in [0.05, 0.1) is 11.4 Å². The van der Waals surface area contributed by atoms with Gasteiger partial charge in [-0.3, -0.25) is 0 Å². The Morgan fingerprint density at radius 2 is 2.04 bits per heavy atom. The molecule has 6 heteroatoms. The minimum absolute atomic E-state index is 0.0120. The third-order valence-electron chi connectivity index (χ3n) is 4.85. The number of piperidine rings is 1. The van der Waals surface area contributed by atoms with Gasteiger partial charge in [0.15, 0.2) is 0 Å². The second kappa shape index (κ2) is 7.83. The Bertz CT molecular complexity index is 571. The van der Waals surface area contributed by atoms with Crippen molar-refractivity contribution in [1.82, 2.24) is 5.32 Å². The van der Waals surface area contributed by atoms with E-state index in [1.54, 1.807) is 6.07 Å². The van der Waals surface area contributed by atoms with Crippen LogP contribution in [0.1, 0.15) is 38.5 Å². The fourth-order valence-electron chi connectivity index (χ4n) is 3.41. The molecular weight excluding hydrogens is 309 g/mol. The highest BCUT2D eigenvalue weighted by Crippen LogP contribution is 2.34. The molecule has 1 atom stereocenters. The summed E-state index contributed by atoms with van der Waals surface area (Å²) in [6.45, 7) is 1.91. The van der Waals surface area contributed by atoms with E-state index >= 15 is 0 Å². The van der Waals surface area contributed by atoms with Crippen LogP contribution in [0.25, 0.3) is 0 Å². The van der Waals surface area contributed by atoms with Crippen molar-refractivity contribution in [2.75, 3.05) is 29.9 Å². The third-order valence-corrected chi connectivity index (χ3v) is 4.85. The quantitative estimate of drug-likeness (QED) is 0.748. The summed E-state index contributed by atoms with van der Waals surface area (Å²) in [5, 5.41) is 14.9. The summed E-state index contributed by atoms with van der Waals surface area (Å²) >= 11 is 0. The number of carbonyl (C=O) groups excluding carboxylic acids is 1. The number of anilines is 2. The highest BCUT2D eigenvalue weighted by atomic mass is 19.1. The summed E-state index contributed by atoms with van der Waals surface area (Å²) in [7, 11) is 0. The molecule has 1 heterocycles. The lowest BCUT2D eigenvalue weighted by molar-refractivity contribution is 0.234. The van der Waals surface area contributed by atoms with Crippen LogP contribution >= 0.6 is 0 Å². The zero-order valence-electron chi connectivity index (χ0n) is 13.9. The molecule has 3 N–H and O–H groups in total. The fourth-order valence-corrected chi connectivity index (χ4v) is 3.41. The minimum Gasteiger partial charge on any atom is -0.396 e. The average molecular weight is 335 g/mol. The first kappa shape index (κ1) is 17.0. The lowest BCUT2D eigenvalue weighted by atomic mass is 10.1. The van der Waals surface area contributed by atoms with Crippen molar-refractivity contribution >= 4 is 17.4 Å². The van der Waals surface area contributed by atoms with E-state index in [9.17, 15) is 9.18 Å². The molecule has 2 aliphatic rings. The van der Waals surface area contributed by atoms with Crippen molar-refractivity contribution < 1.29 is 14.3 Å². The van der Waals surface area contributed by atoms with E-state index in [2.05, 4.69) is 15.5 Å². The molecule has 0 aromatic heterocycles. The van der Waals surface area contributed by atoms with E-state index < -0.39 is 0 Å². The number of hydrogen-bond donors (Lipinski definition) is 3. The summed E-state index contributed by atoms with van der Waals surface area (Å²) < 4.78 is 13.7. The van der Waals surface area contributed by atoms with Crippen LogP contribution in [0.3, 0.4) is 0 Å². The predicted octanol–water partition coefficient (Wildman–Crippen LogP) is 3.10. The van der Waals surface area contributed by atoms with E-state index in [1.807, 2.05) is 0 Å². The van der Waals surface area contributed by atoms with Crippen LogP contribution in [0.5, 0.6) is 0 Å². The van der Waals surface area contributed by atoms with Crippen LogP contribution in [0, 0.1) is 11.7 Å². The van der Waals surface area contributed by atoms with E-state index in [1.165, 1.54) is 18.6 Å². The molecule has 1 saturated carbocycles. The van der Waals surface area contributed by atoms with Gasteiger partial charge in [-0.1, -0.05) is 0 Å². The molecule has 2 fully saturated rings. The summed E-state index contributed by atoms with van der Waals surface area (Å²) in [6, 6.07) is 4.21. The van der Waals surface area contributed by atoms with Crippen LogP contribution in [0.15, 0.2) is 18.2 Å². The van der Waals surface area contributed by atoms with Crippen molar-refractivity contribution in [1.29, 1.82) is 0 Å². The molecule has 1 aromatic rings. The van der Waals surface area contributed by atoms with Crippen LogP contribution in [0.2, 0.25) is 0 Å². The van der Waals surface area contributed by atoms with Gasteiger partial charge in [0.25, 0.3) is 0 Å². The number of aliphatic hydroxyl groups excluding tert-OH is 1. The van der Waals surface area contributed by atoms with Crippen molar-refractivity contribution in [2.45, 2.75) is 44.6 Å². The van der Waals surface area contributed by atoms with Crippen molar-refractivity contribution in [3.63, 3.8) is 0 Å². The summed E-state index contributed by atoms with van der Waals surface area (Å²) in [5.74, 6) is 0.0946. The summed E-state index contributed by atoms with van der Waals surface area (Å²) in [5.41, 5.74) is 1.38. The Hall–Kier alpha value is -1.82. The first-order chi connectivity index (χ1) is 11.7. The molecule has 3 rings (SSSR count). The molecule has 1 saturated heterocycles. The topological polar surface area (TPSA) is 64.6 Å². The van der Waals surface area contributed by atoms with Crippen molar-refractivity contribution in [3.8, 4) is 0 Å². The van der Waals surface area contributed by atoms with E-state index in [4.69, 9.17) is 5.11 Å². The molecule has 1 aliphatic heterocycles. The second-order valence-corrected chi connectivity index (χ2v) is 6.76. The Morgan fingerprint density at radius 1 is 1.29 bits per heavy atom. The van der Waals surface area contributed by atoms with Gasteiger partial charge in [-0.25, -0.2) is 9.18 Å². The van der Waals surface area contributed by atoms with Gasteiger partial charge in [0.1, 0.15) is 5.82 Å². The number of aliphatic hydroxyl groups is 1. The highest BCUT2D eigenvalue weighted by molar-refractivity contribution is 5.93. The number of benzene rings is 1. The molecule has 0 unspecified atom stereocenters. The fraction of sp³-hybridized carbons (Fsp3) is 0.611. The van der Waals surface area contributed by atoms with Crippen molar-refractivity contribution in [2.24, 2.45) is 5.92 Å². The standard InChI is InChI=1S/C18H26FN3O2/c19-14-6-7-17(22-9-2-1-3-10-22)16(12-14)21-18(24)20-15(8-11-23)13-4-5-13/h6-7,12-13,15,23H,1-5,8-11H2,(H2,20,21,24)/t15-/m0/s1. The maximum atomic E-state index is 13.7. The molecule has 0 radical (unpaired) electrons. The maximum absolute atomic E-state index is 13.7. The van der Waals surface area contributed by atoms with Gasteiger partial charge in [-0.15, -0.1) is 0 Å². The summed E-state index contributed by atoms with van der Waals surface area (Å²) in [6.07, 6.45) is 6.17. The predicted molar refractivity (Wildman–Crippen MR) is 92.8 cm³/mol. The molecule has 132 valence electrons. The Morgan fingerprint density at radius 3 is 2.71 bits per heavy atom. The lowest BCUT2D eigenvalue weighted by Crippen LogP contribution is -2.40. The van der Waals surface area contributed by atoms with Crippen LogP contribution in [-0.4, -0.2) is 36.9 Å². The first-order valence-electron chi connectivity index (χ1n) is 8.90. The first-order valence-corrected chi connectivity index (χ1v) is 8.90. The molecule has 0 bridgehead atoms. The van der Waals surface area contributed by atoms with Gasteiger partial charge in [-0.05, 0) is 62.6 Å². The average Bonchev–Trinajstić information content (AvgIpc) is 3.40. The van der Waals surface area contributed by atoms with Gasteiger partial charge in [0, 0.05) is 25.7 Å². The Balaban J connectivity index is 1.68. The SMILES string of the molecule is O=C(Nc1cc(F)ccc1N1CCCCC1)N[C@@H](CCO)C1CC1. The summed E-state index contributed by atoms with van der Waals surface area (Å²) in [4.78, 5) is 14.5. The molecule has 2 amide bonds. The lowest BCUT2D eigenvalue weighted by Gasteiger charge is -2.30. The number of nitrogens with zero attached hydrogens (tertiary/aromatic N) is 1. The zero-order valence-corrected chi connectivity index (χ0v) is 13.9.